The van der Waals surface area contributed by atoms with E-state index in [0.29, 0.717) is 37.3 Å². The Balaban J connectivity index is 1.35. The first-order valence-corrected chi connectivity index (χ1v) is 20.7. The molecule has 2 aliphatic heterocycles. The molecule has 0 aliphatic carbocycles. The number of piperidine rings is 1. The minimum atomic E-state index is -3.80. The molecule has 2 fully saturated rings. The summed E-state index contributed by atoms with van der Waals surface area (Å²) in [6.45, 7) is 3.83. The molecule has 50 heavy (non-hydrogen) atoms. The lowest BCUT2D eigenvalue weighted by atomic mass is 10.0. The number of β-amino-alcohol motifs (C(OH)–C–C–N with tert-alkyl or cyclic N) is 2. The summed E-state index contributed by atoms with van der Waals surface area (Å²) in [5.41, 5.74) is -1.54. The molecule has 1 aromatic rings. The van der Waals surface area contributed by atoms with Crippen LogP contribution in [0, 0.1) is 0 Å². The molecular weight excluding hydrogens is 669 g/mol. The van der Waals surface area contributed by atoms with E-state index in [1.807, 2.05) is 0 Å². The van der Waals surface area contributed by atoms with Gasteiger partial charge in [0.1, 0.15) is 18.3 Å². The quantitative estimate of drug-likeness (QED) is 0.0652. The summed E-state index contributed by atoms with van der Waals surface area (Å²) in [5.74, 6) is 0. The van der Waals surface area contributed by atoms with Crippen LogP contribution in [0.25, 0.3) is 0 Å². The molecule has 1 unspecified atom stereocenters. The highest BCUT2D eigenvalue weighted by molar-refractivity contribution is 7.53. The van der Waals surface area contributed by atoms with Gasteiger partial charge in [-0.1, -0.05) is 90.4 Å². The summed E-state index contributed by atoms with van der Waals surface area (Å²) >= 11 is 0. The average Bonchev–Trinajstić information content (AvgIpc) is 3.35. The molecule has 0 saturated carbocycles. The number of aromatic nitrogens is 2. The zero-order valence-corrected chi connectivity index (χ0v) is 31.0. The van der Waals surface area contributed by atoms with Crippen molar-refractivity contribution in [2.75, 3.05) is 52.2 Å². The van der Waals surface area contributed by atoms with Gasteiger partial charge in [-0.2, -0.15) is 0 Å². The van der Waals surface area contributed by atoms with Crippen molar-refractivity contribution in [3.05, 3.63) is 33.1 Å². The lowest BCUT2D eigenvalue weighted by Crippen LogP contribution is -2.46. The maximum absolute atomic E-state index is 13.9. The molecule has 290 valence electrons. The molecule has 2 aliphatic rings. The van der Waals surface area contributed by atoms with E-state index in [2.05, 4.69) is 11.9 Å². The topological polar surface area (TPSA) is 193 Å². The zero-order chi connectivity index (χ0) is 36.2. The third-order valence-corrected chi connectivity index (χ3v) is 11.3. The number of ether oxygens (including phenoxy) is 2. The monoisotopic (exact) mass is 733 g/mol. The van der Waals surface area contributed by atoms with Crippen LogP contribution in [0.15, 0.2) is 21.9 Å². The summed E-state index contributed by atoms with van der Waals surface area (Å²) in [6.07, 6.45) is 12.8. The molecule has 3 heterocycles. The number of rotatable bonds is 27. The van der Waals surface area contributed by atoms with E-state index >= 15 is 0 Å². The van der Waals surface area contributed by atoms with Crippen molar-refractivity contribution in [3.8, 4) is 0 Å². The number of hydrogen-bond acceptors (Lipinski definition) is 12. The van der Waals surface area contributed by atoms with Crippen LogP contribution < -0.4 is 11.2 Å². The van der Waals surface area contributed by atoms with Crippen LogP contribution in [0.2, 0.25) is 0 Å². The fourth-order valence-corrected chi connectivity index (χ4v) is 8.20. The second-order valence-electron chi connectivity index (χ2n) is 13.9. The molecule has 0 spiro atoms. The first kappa shape index (κ1) is 43.0. The van der Waals surface area contributed by atoms with Crippen molar-refractivity contribution in [2.45, 2.75) is 146 Å². The summed E-state index contributed by atoms with van der Waals surface area (Å²) in [5, 5.41) is 41.3. The Hall–Kier alpha value is -1.45. The molecule has 7 atom stereocenters. The zero-order valence-electron chi connectivity index (χ0n) is 30.1. The smallest absolute Gasteiger partial charge is 0.332 e. The van der Waals surface area contributed by atoms with Gasteiger partial charge in [0.15, 0.2) is 6.23 Å². The van der Waals surface area contributed by atoms with E-state index in [1.54, 1.807) is 4.90 Å². The van der Waals surface area contributed by atoms with Crippen LogP contribution in [-0.2, 0) is 23.1 Å². The van der Waals surface area contributed by atoms with E-state index in [1.165, 1.54) is 83.2 Å². The number of aliphatic hydroxyl groups is 4. The van der Waals surface area contributed by atoms with Crippen LogP contribution in [0.3, 0.4) is 0 Å². The molecule has 2 saturated heterocycles. The number of hydrogen-bond donors (Lipinski definition) is 5. The minimum Gasteiger partial charge on any atom is -0.392 e. The van der Waals surface area contributed by atoms with Crippen LogP contribution in [0.1, 0.15) is 116 Å². The number of H-pyrrole nitrogens is 1. The number of aromatic amines is 1. The molecule has 3 rings (SSSR count). The Labute approximate surface area is 297 Å². The fraction of sp³-hybridized carbons (Fsp3) is 0.886. The van der Waals surface area contributed by atoms with Crippen LogP contribution in [-0.4, -0.2) is 118 Å². The predicted molar refractivity (Wildman–Crippen MR) is 190 cm³/mol. The number of aliphatic hydroxyl groups excluding tert-OH is 4. The standard InChI is InChI=1S/C35H64N3O11P/c1-2-3-4-5-6-7-8-9-10-11-12-13-14-15-20-46-21-16-22-47-50(45,23-19-37-25-28(39)24-29(40)26-37)48-27-30-32(42)33(43)34(49-30)38-31(41)17-18-36-35(38)44/h17-18,28-30,32-34,39-40,42-43H,2-16,19-27H2,1H3,(H,36,44)/t28-,29+,30-,32-,33-,34-,50?/m1/s1. The molecule has 0 amide bonds. The summed E-state index contributed by atoms with van der Waals surface area (Å²) in [4.78, 5) is 28.6. The van der Waals surface area contributed by atoms with Crippen molar-refractivity contribution < 1.29 is 43.5 Å². The Morgan fingerprint density at radius 3 is 1.98 bits per heavy atom. The maximum Gasteiger partial charge on any atom is 0.332 e. The molecule has 0 aromatic carbocycles. The van der Waals surface area contributed by atoms with Crippen LogP contribution >= 0.6 is 7.60 Å². The van der Waals surface area contributed by atoms with E-state index in [0.717, 1.165) is 18.9 Å². The van der Waals surface area contributed by atoms with Crippen molar-refractivity contribution in [1.29, 1.82) is 0 Å². The lowest BCUT2D eigenvalue weighted by molar-refractivity contribution is -0.0547. The highest BCUT2D eigenvalue weighted by atomic mass is 31.2. The fourth-order valence-electron chi connectivity index (χ4n) is 6.55. The SMILES string of the molecule is CCCCCCCCCCCCCCCCOCCCOP(=O)(CCN1C[C@H](O)C[C@H](O)C1)OC[C@H]1O[C@@H](n2c(=O)cc[nH]c2=O)[C@H](O)[C@@H]1O. The van der Waals surface area contributed by atoms with Crippen molar-refractivity contribution >= 4 is 7.60 Å². The predicted octanol–water partition coefficient (Wildman–Crippen LogP) is 3.70. The molecule has 15 heteroatoms. The molecule has 14 nitrogen and oxygen atoms in total. The Bertz CT molecular complexity index is 1180. The van der Waals surface area contributed by atoms with Crippen molar-refractivity contribution in [1.82, 2.24) is 14.5 Å². The summed E-state index contributed by atoms with van der Waals surface area (Å²) in [7, 11) is -3.80. The second kappa shape index (κ2) is 24.0. The van der Waals surface area contributed by atoms with Gasteiger partial charge in [-0.15, -0.1) is 0 Å². The van der Waals surface area contributed by atoms with E-state index in [-0.39, 0.29) is 25.7 Å². The lowest BCUT2D eigenvalue weighted by Gasteiger charge is -2.34. The van der Waals surface area contributed by atoms with Crippen LogP contribution in [0.5, 0.6) is 0 Å². The van der Waals surface area contributed by atoms with Crippen LogP contribution in [0.4, 0.5) is 0 Å². The van der Waals surface area contributed by atoms with Gasteiger partial charge in [-0.25, -0.2) is 9.36 Å². The first-order chi connectivity index (χ1) is 24.1. The Kier molecular flexibility index (Phi) is 20.6. The third-order valence-electron chi connectivity index (χ3n) is 9.45. The Morgan fingerprint density at radius 1 is 0.800 bits per heavy atom. The van der Waals surface area contributed by atoms with Gasteiger partial charge in [0.2, 0.25) is 0 Å². The normalized spacial score (nSPS) is 25.6. The summed E-state index contributed by atoms with van der Waals surface area (Å²) in [6, 6.07) is 1.09. The summed E-state index contributed by atoms with van der Waals surface area (Å²) < 4.78 is 37.4. The van der Waals surface area contributed by atoms with Gasteiger partial charge in [-0.05, 0) is 12.8 Å². The largest absolute Gasteiger partial charge is 0.392 e. The van der Waals surface area contributed by atoms with Gasteiger partial charge in [0.05, 0.1) is 31.6 Å². The molecule has 1 aromatic heterocycles. The van der Waals surface area contributed by atoms with Gasteiger partial charge < -0.3 is 43.9 Å². The van der Waals surface area contributed by atoms with Gasteiger partial charge in [-0.3, -0.25) is 14.3 Å². The first-order valence-electron chi connectivity index (χ1n) is 19.0. The number of nitrogens with one attached hydrogen (secondary N) is 1. The number of likely N-dealkylation sites (tertiary alicyclic amines) is 1. The highest BCUT2D eigenvalue weighted by Crippen LogP contribution is 2.49. The number of nitrogens with zero attached hydrogens (tertiary/aromatic N) is 2. The van der Waals surface area contributed by atoms with Crippen molar-refractivity contribution in [3.63, 3.8) is 0 Å². The molecular formula is C35H64N3O11P. The molecule has 0 bridgehead atoms. The van der Waals surface area contributed by atoms with Gasteiger partial charge >= 0.3 is 13.3 Å². The third kappa shape index (κ3) is 15.7. The average molecular weight is 734 g/mol. The van der Waals surface area contributed by atoms with E-state index in [9.17, 15) is 34.6 Å². The minimum absolute atomic E-state index is 0.0566. The van der Waals surface area contributed by atoms with Gasteiger partial charge in [0, 0.05) is 51.5 Å². The number of unbranched alkanes of at least 4 members (excludes halogenated alkanes) is 13. The van der Waals surface area contributed by atoms with Crippen molar-refractivity contribution in [2.24, 2.45) is 0 Å². The van der Waals surface area contributed by atoms with Gasteiger partial charge in [0.25, 0.3) is 5.56 Å². The second-order valence-corrected chi connectivity index (χ2v) is 16.1. The molecule has 5 N–H and O–H groups in total. The Morgan fingerprint density at radius 2 is 1.38 bits per heavy atom. The van der Waals surface area contributed by atoms with E-state index in [4.69, 9.17) is 18.5 Å². The highest BCUT2D eigenvalue weighted by Gasteiger charge is 2.46. The molecule has 0 radical (unpaired) electrons. The maximum atomic E-state index is 13.9. The van der Waals surface area contributed by atoms with E-state index < -0.39 is 62.2 Å².